The van der Waals surface area contributed by atoms with Crippen molar-refractivity contribution in [3.63, 3.8) is 0 Å². The van der Waals surface area contributed by atoms with Crippen molar-refractivity contribution in [2.75, 3.05) is 13.2 Å². The summed E-state index contributed by atoms with van der Waals surface area (Å²) in [5, 5.41) is 8.74. The molecule has 0 spiro atoms. The van der Waals surface area contributed by atoms with Gasteiger partial charge in [0.2, 0.25) is 0 Å². The van der Waals surface area contributed by atoms with Crippen molar-refractivity contribution in [3.05, 3.63) is 95.1 Å². The molecule has 0 saturated heterocycles. The molecule has 10 heteroatoms. The minimum absolute atomic E-state index is 0.206. The van der Waals surface area contributed by atoms with E-state index in [0.29, 0.717) is 26.4 Å². The van der Waals surface area contributed by atoms with Gasteiger partial charge in [0.25, 0.3) is 5.56 Å². The number of aromatic nitrogens is 1. The molecule has 0 unspecified atom stereocenters. The van der Waals surface area contributed by atoms with Gasteiger partial charge in [-0.1, -0.05) is 51.5 Å². The Kier molecular flexibility index (Phi) is 7.32. The van der Waals surface area contributed by atoms with Crippen molar-refractivity contribution in [1.29, 1.82) is 0 Å². The summed E-state index contributed by atoms with van der Waals surface area (Å²) in [4.78, 5) is 42.2. The fourth-order valence-corrected chi connectivity index (χ4v) is 5.20. The highest BCUT2D eigenvalue weighted by molar-refractivity contribution is 9.10. The van der Waals surface area contributed by atoms with Crippen LogP contribution in [0.15, 0.2) is 74.1 Å². The number of carbonyl (C=O) groups is 2. The Labute approximate surface area is 212 Å². The Morgan fingerprint density at radius 3 is 2.63 bits per heavy atom. The quantitative estimate of drug-likeness (QED) is 0.448. The maximum absolute atomic E-state index is 13.6. The lowest BCUT2D eigenvalue weighted by molar-refractivity contribution is -0.140. The third kappa shape index (κ3) is 5.28. The number of allylic oxidation sites excluding steroid dienone is 1. The molecule has 1 aliphatic rings. The zero-order chi connectivity index (χ0) is 25.1. The Hall–Kier alpha value is -3.50. The van der Waals surface area contributed by atoms with Gasteiger partial charge in [0.1, 0.15) is 5.75 Å². The number of ether oxygens (including phenoxy) is 2. The highest BCUT2D eigenvalue weighted by Gasteiger charge is 2.33. The maximum atomic E-state index is 13.6. The molecule has 35 heavy (non-hydrogen) atoms. The second-order valence-corrected chi connectivity index (χ2v) is 9.53. The predicted molar refractivity (Wildman–Crippen MR) is 134 cm³/mol. The number of halogens is 1. The molecule has 0 aliphatic carbocycles. The molecule has 0 fully saturated rings. The number of benzene rings is 2. The summed E-state index contributed by atoms with van der Waals surface area (Å²) >= 11 is 4.70. The average Bonchev–Trinajstić information content (AvgIpc) is 3.12. The topological polar surface area (TPSA) is 107 Å². The van der Waals surface area contributed by atoms with Gasteiger partial charge in [-0.15, -0.1) is 0 Å². The molecule has 1 N–H and O–H groups in total. The van der Waals surface area contributed by atoms with E-state index in [1.807, 2.05) is 24.3 Å². The Balaban J connectivity index is 1.82. The second-order valence-electron chi connectivity index (χ2n) is 7.61. The number of esters is 1. The molecule has 2 heterocycles. The fourth-order valence-electron chi connectivity index (χ4n) is 3.74. The molecule has 1 atom stereocenters. The van der Waals surface area contributed by atoms with Crippen LogP contribution in [-0.2, 0) is 14.3 Å². The highest BCUT2D eigenvalue weighted by atomic mass is 79.9. The van der Waals surface area contributed by atoms with Crippen molar-refractivity contribution in [3.8, 4) is 5.75 Å². The van der Waals surface area contributed by atoms with Crippen LogP contribution in [0, 0.1) is 0 Å². The van der Waals surface area contributed by atoms with Gasteiger partial charge in [0.15, 0.2) is 11.4 Å². The molecule has 0 bridgehead atoms. The zero-order valence-corrected chi connectivity index (χ0v) is 21.3. The molecule has 1 aromatic heterocycles. The van der Waals surface area contributed by atoms with Gasteiger partial charge in [-0.25, -0.2) is 14.6 Å². The second kappa shape index (κ2) is 10.4. The number of rotatable bonds is 7. The van der Waals surface area contributed by atoms with E-state index in [-0.39, 0.29) is 12.2 Å². The molecule has 1 aliphatic heterocycles. The zero-order valence-electron chi connectivity index (χ0n) is 18.9. The monoisotopic (exact) mass is 556 g/mol. The summed E-state index contributed by atoms with van der Waals surface area (Å²) in [7, 11) is 0. The minimum atomic E-state index is -1.06. The third-order valence-electron chi connectivity index (χ3n) is 5.22. The number of carboxylic acid groups (broad SMARTS) is 1. The molecule has 8 nitrogen and oxygen atoms in total. The molecule has 0 amide bonds. The van der Waals surface area contributed by atoms with E-state index in [1.54, 1.807) is 44.2 Å². The summed E-state index contributed by atoms with van der Waals surface area (Å²) in [5.74, 6) is -1.16. The van der Waals surface area contributed by atoms with Crippen molar-refractivity contribution < 1.29 is 24.2 Å². The average molecular weight is 557 g/mol. The van der Waals surface area contributed by atoms with Crippen LogP contribution in [0.2, 0.25) is 0 Å². The third-order valence-corrected chi connectivity index (χ3v) is 6.70. The Morgan fingerprint density at radius 2 is 1.97 bits per heavy atom. The summed E-state index contributed by atoms with van der Waals surface area (Å²) in [5.41, 5.74) is 2.03. The van der Waals surface area contributed by atoms with Crippen molar-refractivity contribution >= 4 is 45.3 Å². The van der Waals surface area contributed by atoms with E-state index in [2.05, 4.69) is 20.9 Å². The number of thiazole rings is 1. The van der Waals surface area contributed by atoms with Gasteiger partial charge in [0, 0.05) is 4.47 Å². The first kappa shape index (κ1) is 24.6. The van der Waals surface area contributed by atoms with E-state index in [0.717, 1.165) is 15.6 Å². The number of fused-ring (bicyclic) bond motifs is 1. The lowest BCUT2D eigenvalue weighted by atomic mass is 9.96. The van der Waals surface area contributed by atoms with Crippen LogP contribution in [0.5, 0.6) is 5.75 Å². The van der Waals surface area contributed by atoms with E-state index >= 15 is 0 Å². The van der Waals surface area contributed by atoms with Crippen LogP contribution in [0.4, 0.5) is 0 Å². The lowest BCUT2D eigenvalue weighted by Gasteiger charge is -2.24. The van der Waals surface area contributed by atoms with E-state index < -0.39 is 24.6 Å². The van der Waals surface area contributed by atoms with Gasteiger partial charge in [-0.3, -0.25) is 9.36 Å². The number of hydrogen-bond donors (Lipinski definition) is 1. The number of aliphatic carboxylic acids is 1. The number of hydrogen-bond acceptors (Lipinski definition) is 7. The highest BCUT2D eigenvalue weighted by Crippen LogP contribution is 2.31. The minimum Gasteiger partial charge on any atom is -0.482 e. The maximum Gasteiger partial charge on any atom is 0.341 e. The van der Waals surface area contributed by atoms with Crippen LogP contribution >= 0.6 is 27.3 Å². The van der Waals surface area contributed by atoms with Crippen molar-refractivity contribution in [1.82, 2.24) is 4.57 Å². The van der Waals surface area contributed by atoms with Gasteiger partial charge < -0.3 is 14.6 Å². The SMILES string of the molecule is CCOC(=O)C1=C(C)N=c2s/c(=C\c3ccc(OCC(=O)O)cc3)c(=O)n2[C@H]1c1cccc(Br)c1. The molecule has 0 radical (unpaired) electrons. The summed E-state index contributed by atoms with van der Waals surface area (Å²) in [6.45, 7) is 3.24. The van der Waals surface area contributed by atoms with E-state index in [1.165, 1.54) is 15.9 Å². The van der Waals surface area contributed by atoms with Gasteiger partial charge in [-0.05, 0) is 55.3 Å². The largest absolute Gasteiger partial charge is 0.482 e. The molecule has 180 valence electrons. The van der Waals surface area contributed by atoms with Crippen LogP contribution in [0.3, 0.4) is 0 Å². The van der Waals surface area contributed by atoms with Crippen LogP contribution in [0.25, 0.3) is 6.08 Å². The number of nitrogens with zero attached hydrogens (tertiary/aromatic N) is 2. The first-order valence-corrected chi connectivity index (χ1v) is 12.3. The Morgan fingerprint density at radius 1 is 1.23 bits per heavy atom. The van der Waals surface area contributed by atoms with Gasteiger partial charge >= 0.3 is 11.9 Å². The summed E-state index contributed by atoms with van der Waals surface area (Å²) in [6.07, 6.45) is 1.73. The van der Waals surface area contributed by atoms with Crippen LogP contribution < -0.4 is 19.6 Å². The number of carbonyl (C=O) groups excluding carboxylic acids is 1. The molecular formula is C25H21BrN2O6S. The molecular weight excluding hydrogens is 536 g/mol. The molecule has 3 aromatic rings. The van der Waals surface area contributed by atoms with Gasteiger partial charge in [-0.2, -0.15) is 0 Å². The molecule has 2 aromatic carbocycles. The standard InChI is InChI=1S/C25H21BrN2O6S/c1-3-33-24(32)21-14(2)27-25-28(22(21)16-5-4-6-17(26)12-16)23(31)19(35-25)11-15-7-9-18(10-8-15)34-13-20(29)30/h4-12,22H,3,13H2,1-2H3,(H,29,30)/b19-11-/t22-/m0/s1. The van der Waals surface area contributed by atoms with E-state index in [4.69, 9.17) is 14.6 Å². The summed E-state index contributed by atoms with van der Waals surface area (Å²) < 4.78 is 13.3. The molecule has 4 rings (SSSR count). The van der Waals surface area contributed by atoms with Crippen molar-refractivity contribution in [2.24, 2.45) is 4.99 Å². The smallest absolute Gasteiger partial charge is 0.341 e. The van der Waals surface area contributed by atoms with Gasteiger partial charge in [0.05, 0.1) is 28.5 Å². The Bertz CT molecular complexity index is 1500. The van der Waals surface area contributed by atoms with Crippen LogP contribution in [0.1, 0.15) is 31.0 Å². The predicted octanol–water partition coefficient (Wildman–Crippen LogP) is 3.02. The fraction of sp³-hybridized carbons (Fsp3) is 0.200. The lowest BCUT2D eigenvalue weighted by Crippen LogP contribution is -2.39. The summed E-state index contributed by atoms with van der Waals surface area (Å²) in [6, 6.07) is 13.5. The normalized spacial score (nSPS) is 15.4. The first-order chi connectivity index (χ1) is 16.8. The number of carboxylic acids is 1. The first-order valence-electron chi connectivity index (χ1n) is 10.7. The van der Waals surface area contributed by atoms with E-state index in [9.17, 15) is 14.4 Å². The van der Waals surface area contributed by atoms with Crippen LogP contribution in [-0.4, -0.2) is 34.8 Å². The molecule has 0 saturated carbocycles. The van der Waals surface area contributed by atoms with Crippen molar-refractivity contribution in [2.45, 2.75) is 19.9 Å².